The summed E-state index contributed by atoms with van der Waals surface area (Å²) < 4.78 is -1.11. The van der Waals surface area contributed by atoms with Crippen LogP contribution in [0.5, 0.6) is 0 Å². The van der Waals surface area contributed by atoms with Crippen molar-refractivity contribution in [2.75, 3.05) is 0 Å². The van der Waals surface area contributed by atoms with Crippen molar-refractivity contribution < 1.29 is 0 Å². The second-order valence-electron chi connectivity index (χ2n) is 3.64. The minimum absolute atomic E-state index is 0.250. The lowest BCUT2D eigenvalue weighted by molar-refractivity contribution is 0.470. The second kappa shape index (κ2) is 6.61. The van der Waals surface area contributed by atoms with Gasteiger partial charge in [-0.15, -0.1) is 11.6 Å². The van der Waals surface area contributed by atoms with Crippen LogP contribution in [-0.4, -0.2) is 9.17 Å². The van der Waals surface area contributed by atoms with Crippen molar-refractivity contribution in [3.05, 3.63) is 0 Å². The first-order valence-corrected chi connectivity index (χ1v) is 6.09. The van der Waals surface area contributed by atoms with Gasteiger partial charge in [-0.1, -0.05) is 54.6 Å². The Kier molecular flexibility index (Phi) is 7.20. The van der Waals surface area contributed by atoms with Gasteiger partial charge in [-0.3, -0.25) is 0 Å². The molecule has 0 saturated heterocycles. The van der Waals surface area contributed by atoms with Gasteiger partial charge in [0.15, 0.2) is 3.79 Å². The molecule has 0 aromatic heterocycles. The Morgan fingerprint density at radius 2 is 1.62 bits per heavy atom. The molecule has 0 aliphatic heterocycles. The van der Waals surface area contributed by atoms with Gasteiger partial charge in [0, 0.05) is 5.38 Å². The van der Waals surface area contributed by atoms with Crippen molar-refractivity contribution in [3.63, 3.8) is 0 Å². The Morgan fingerprint density at radius 1 is 1.08 bits per heavy atom. The zero-order chi connectivity index (χ0) is 10.5. The van der Waals surface area contributed by atoms with Gasteiger partial charge in [-0.05, 0) is 25.7 Å². The van der Waals surface area contributed by atoms with Crippen LogP contribution in [-0.2, 0) is 0 Å². The highest BCUT2D eigenvalue weighted by Gasteiger charge is 2.22. The molecule has 2 atom stereocenters. The Morgan fingerprint density at radius 3 is 2.00 bits per heavy atom. The minimum Gasteiger partial charge on any atom is -0.123 e. The smallest absolute Gasteiger partial charge is 0.123 e. The van der Waals surface area contributed by atoms with E-state index >= 15 is 0 Å². The van der Waals surface area contributed by atoms with E-state index < -0.39 is 3.79 Å². The van der Waals surface area contributed by atoms with Crippen LogP contribution >= 0.6 is 46.4 Å². The van der Waals surface area contributed by atoms with Gasteiger partial charge >= 0.3 is 0 Å². The molecule has 0 rings (SSSR count). The summed E-state index contributed by atoms with van der Waals surface area (Å²) in [7, 11) is 0. The SMILES string of the molecule is CC(Cl)CCCC(C)CC(Cl)(Cl)Cl. The molecule has 0 aromatic rings. The molecule has 2 unspecified atom stereocenters. The van der Waals surface area contributed by atoms with E-state index in [9.17, 15) is 0 Å². The van der Waals surface area contributed by atoms with Gasteiger partial charge < -0.3 is 0 Å². The zero-order valence-corrected chi connectivity index (χ0v) is 11.0. The van der Waals surface area contributed by atoms with Crippen LogP contribution in [0.3, 0.4) is 0 Å². The van der Waals surface area contributed by atoms with Crippen LogP contribution < -0.4 is 0 Å². The summed E-state index contributed by atoms with van der Waals surface area (Å²) in [6, 6.07) is 0. The molecule has 0 N–H and O–H groups in total. The first-order valence-electron chi connectivity index (χ1n) is 4.52. The summed E-state index contributed by atoms with van der Waals surface area (Å²) in [4.78, 5) is 0. The van der Waals surface area contributed by atoms with Crippen molar-refractivity contribution in [2.24, 2.45) is 5.92 Å². The van der Waals surface area contributed by atoms with E-state index in [0.29, 0.717) is 12.3 Å². The maximum absolute atomic E-state index is 5.82. The van der Waals surface area contributed by atoms with Crippen molar-refractivity contribution >= 4 is 46.4 Å². The van der Waals surface area contributed by atoms with Crippen LogP contribution in [0.1, 0.15) is 39.5 Å². The average molecular weight is 266 g/mol. The molecule has 0 aromatic carbocycles. The van der Waals surface area contributed by atoms with Gasteiger partial charge in [0.05, 0.1) is 0 Å². The Bertz CT molecular complexity index is 128. The van der Waals surface area contributed by atoms with Crippen LogP contribution in [0.15, 0.2) is 0 Å². The molecule has 0 radical (unpaired) electrons. The first-order chi connectivity index (χ1) is 5.81. The second-order valence-corrected chi connectivity index (χ2v) is 6.90. The predicted octanol–water partition coefficient (Wildman–Crippen LogP) is 5.18. The van der Waals surface area contributed by atoms with Crippen LogP contribution in [0, 0.1) is 5.92 Å². The largest absolute Gasteiger partial charge is 0.190 e. The highest BCUT2D eigenvalue weighted by molar-refractivity contribution is 6.67. The van der Waals surface area contributed by atoms with E-state index in [4.69, 9.17) is 46.4 Å². The van der Waals surface area contributed by atoms with Gasteiger partial charge in [-0.2, -0.15) is 0 Å². The monoisotopic (exact) mass is 264 g/mol. The molecule has 0 spiro atoms. The number of rotatable bonds is 5. The zero-order valence-electron chi connectivity index (χ0n) is 7.99. The van der Waals surface area contributed by atoms with Gasteiger partial charge in [0.25, 0.3) is 0 Å². The molecule has 0 bridgehead atoms. The van der Waals surface area contributed by atoms with Gasteiger partial charge in [0.1, 0.15) is 0 Å². The number of hydrogen-bond acceptors (Lipinski definition) is 0. The summed E-state index contributed by atoms with van der Waals surface area (Å²) in [5.74, 6) is 0.447. The first kappa shape index (κ1) is 14.2. The van der Waals surface area contributed by atoms with Crippen molar-refractivity contribution in [2.45, 2.75) is 48.7 Å². The molecule has 0 aliphatic carbocycles. The summed E-state index contributed by atoms with van der Waals surface area (Å²) in [6.45, 7) is 4.10. The number of hydrogen-bond donors (Lipinski definition) is 0. The fourth-order valence-corrected chi connectivity index (χ4v) is 2.19. The third kappa shape index (κ3) is 11.1. The molecule has 13 heavy (non-hydrogen) atoms. The Balaban J connectivity index is 3.46. The maximum Gasteiger partial charge on any atom is 0.190 e. The fraction of sp³-hybridized carbons (Fsp3) is 1.00. The maximum atomic E-state index is 5.82. The third-order valence-corrected chi connectivity index (χ3v) is 2.56. The van der Waals surface area contributed by atoms with E-state index in [1.807, 2.05) is 6.92 Å². The molecule has 0 fully saturated rings. The van der Waals surface area contributed by atoms with Crippen LogP contribution in [0.25, 0.3) is 0 Å². The summed E-state index contributed by atoms with van der Waals surface area (Å²) >= 11 is 22.8. The highest BCUT2D eigenvalue weighted by Crippen LogP contribution is 2.34. The molecular weight excluding hydrogens is 250 g/mol. The molecule has 0 saturated carbocycles. The fourth-order valence-electron chi connectivity index (χ4n) is 1.24. The molecule has 4 heteroatoms. The topological polar surface area (TPSA) is 0 Å². The summed E-state index contributed by atoms with van der Waals surface area (Å²) in [5, 5.41) is 0.250. The Labute approximate surface area is 101 Å². The Hall–Kier alpha value is 1.16. The highest BCUT2D eigenvalue weighted by atomic mass is 35.6. The van der Waals surface area contributed by atoms with E-state index in [-0.39, 0.29) is 5.38 Å². The van der Waals surface area contributed by atoms with Crippen molar-refractivity contribution in [1.29, 1.82) is 0 Å². The molecule has 0 heterocycles. The predicted molar refractivity (Wildman–Crippen MR) is 63.2 cm³/mol. The van der Waals surface area contributed by atoms with Crippen LogP contribution in [0.4, 0.5) is 0 Å². The molecule has 0 amide bonds. The summed E-state index contributed by atoms with van der Waals surface area (Å²) in [6.07, 6.45) is 3.83. The van der Waals surface area contributed by atoms with E-state index in [1.54, 1.807) is 0 Å². The molecular formula is C9H16Cl4. The van der Waals surface area contributed by atoms with Crippen molar-refractivity contribution in [3.8, 4) is 0 Å². The van der Waals surface area contributed by atoms with Gasteiger partial charge in [0.2, 0.25) is 0 Å². The van der Waals surface area contributed by atoms with Crippen molar-refractivity contribution in [1.82, 2.24) is 0 Å². The number of halogens is 4. The standard InChI is InChI=1S/C9H16Cl4/c1-7(6-9(11,12)13)4-3-5-8(2)10/h7-8H,3-6H2,1-2H3. The lowest BCUT2D eigenvalue weighted by Crippen LogP contribution is -2.09. The molecule has 0 nitrogen and oxygen atoms in total. The van der Waals surface area contributed by atoms with Crippen LogP contribution in [0.2, 0.25) is 0 Å². The third-order valence-electron chi connectivity index (χ3n) is 1.88. The molecule has 0 aliphatic rings. The normalized spacial score (nSPS) is 17.1. The van der Waals surface area contributed by atoms with E-state index in [2.05, 4.69) is 6.92 Å². The van der Waals surface area contributed by atoms with E-state index in [0.717, 1.165) is 19.3 Å². The molecule has 80 valence electrons. The average Bonchev–Trinajstić information content (AvgIpc) is 1.81. The number of alkyl halides is 4. The quantitative estimate of drug-likeness (QED) is 0.601. The summed E-state index contributed by atoms with van der Waals surface area (Å²) in [5.41, 5.74) is 0. The lowest BCUT2D eigenvalue weighted by atomic mass is 10.0. The van der Waals surface area contributed by atoms with E-state index in [1.165, 1.54) is 0 Å². The lowest BCUT2D eigenvalue weighted by Gasteiger charge is -2.17. The minimum atomic E-state index is -1.11. The van der Waals surface area contributed by atoms with Gasteiger partial charge in [-0.25, -0.2) is 0 Å².